The number of thiazole rings is 1. The van der Waals surface area contributed by atoms with Crippen molar-refractivity contribution in [1.29, 1.82) is 0 Å². The molecule has 0 unspecified atom stereocenters. The quantitative estimate of drug-likeness (QED) is 0.673. The first kappa shape index (κ1) is 19.9. The minimum absolute atomic E-state index is 0.0399. The van der Waals surface area contributed by atoms with Crippen molar-refractivity contribution in [2.24, 2.45) is 0 Å². The summed E-state index contributed by atoms with van der Waals surface area (Å²) in [6.45, 7) is 4.80. The molecule has 0 N–H and O–H groups in total. The molecule has 28 heavy (non-hydrogen) atoms. The molecule has 150 valence electrons. The number of anilines is 1. The second kappa shape index (κ2) is 8.14. The van der Waals surface area contributed by atoms with Gasteiger partial charge in [-0.2, -0.15) is 0 Å². The summed E-state index contributed by atoms with van der Waals surface area (Å²) >= 11 is 14.2. The van der Waals surface area contributed by atoms with Crippen LogP contribution in [0.5, 0.6) is 0 Å². The van der Waals surface area contributed by atoms with Crippen LogP contribution in [0.25, 0.3) is 5.57 Å². The van der Waals surface area contributed by atoms with E-state index in [0.29, 0.717) is 18.0 Å². The number of ketones is 2. The number of Topliss-reactive ketones (excluding diaryl/α,β-unsaturated/α-hetero) is 2. The van der Waals surface area contributed by atoms with E-state index in [0.717, 1.165) is 44.2 Å². The van der Waals surface area contributed by atoms with E-state index in [-0.39, 0.29) is 27.1 Å². The minimum Gasteiger partial charge on any atom is -0.364 e. The van der Waals surface area contributed by atoms with Crippen molar-refractivity contribution in [2.45, 2.75) is 19.3 Å². The summed E-state index contributed by atoms with van der Waals surface area (Å²) in [6.07, 6.45) is 5.13. The van der Waals surface area contributed by atoms with Crippen molar-refractivity contribution in [2.75, 3.05) is 51.2 Å². The summed E-state index contributed by atoms with van der Waals surface area (Å²) < 4.78 is 0. The lowest BCUT2D eigenvalue weighted by atomic mass is 9.98. The van der Waals surface area contributed by atoms with E-state index in [1.54, 1.807) is 6.20 Å². The smallest absolute Gasteiger partial charge is 0.222 e. The highest BCUT2D eigenvalue weighted by molar-refractivity contribution is 7.17. The number of halogens is 2. The second-order valence-corrected chi connectivity index (χ2v) is 9.12. The van der Waals surface area contributed by atoms with Gasteiger partial charge in [0.05, 0.1) is 10.5 Å². The van der Waals surface area contributed by atoms with Crippen LogP contribution in [0.2, 0.25) is 0 Å². The number of carbonyl (C=O) groups excluding carboxylic acids is 2. The van der Waals surface area contributed by atoms with Crippen LogP contribution in [-0.2, 0) is 9.59 Å². The molecule has 3 heterocycles. The highest BCUT2D eigenvalue weighted by atomic mass is 35.5. The SMILES string of the molecule is CN1CCN(C2=C(Cl)C(=O)C(c3cnc(N4CCCCC4)s3)=C(Cl)C2=O)CC1. The van der Waals surface area contributed by atoms with Gasteiger partial charge in [-0.15, -0.1) is 0 Å². The Morgan fingerprint density at radius 3 is 2.25 bits per heavy atom. The molecular formula is C19H22Cl2N4O2S. The van der Waals surface area contributed by atoms with Crippen LogP contribution in [0.4, 0.5) is 5.13 Å². The Bertz CT molecular complexity index is 865. The van der Waals surface area contributed by atoms with E-state index in [4.69, 9.17) is 23.2 Å². The summed E-state index contributed by atoms with van der Waals surface area (Å²) in [4.78, 5) is 37.3. The Kier molecular flexibility index (Phi) is 5.78. The van der Waals surface area contributed by atoms with Crippen LogP contribution in [-0.4, -0.2) is 72.7 Å². The Morgan fingerprint density at radius 2 is 1.57 bits per heavy atom. The Morgan fingerprint density at radius 1 is 0.893 bits per heavy atom. The zero-order valence-corrected chi connectivity index (χ0v) is 18.0. The molecular weight excluding hydrogens is 419 g/mol. The molecule has 1 aromatic rings. The van der Waals surface area contributed by atoms with Gasteiger partial charge in [0.25, 0.3) is 0 Å². The van der Waals surface area contributed by atoms with Crippen LogP contribution in [0, 0.1) is 0 Å². The van der Waals surface area contributed by atoms with Gasteiger partial charge in [0, 0.05) is 45.5 Å². The van der Waals surface area contributed by atoms with Crippen molar-refractivity contribution in [1.82, 2.24) is 14.8 Å². The number of nitrogens with zero attached hydrogens (tertiary/aromatic N) is 4. The maximum absolute atomic E-state index is 13.0. The van der Waals surface area contributed by atoms with E-state index in [9.17, 15) is 9.59 Å². The van der Waals surface area contributed by atoms with Crippen molar-refractivity contribution in [3.8, 4) is 0 Å². The fourth-order valence-corrected chi connectivity index (χ4v) is 5.43. The molecule has 2 aliphatic heterocycles. The number of hydrogen-bond donors (Lipinski definition) is 0. The zero-order chi connectivity index (χ0) is 19.8. The lowest BCUT2D eigenvalue weighted by Gasteiger charge is -2.36. The fraction of sp³-hybridized carbons (Fsp3) is 0.526. The first-order valence-corrected chi connectivity index (χ1v) is 11.1. The predicted molar refractivity (Wildman–Crippen MR) is 113 cm³/mol. The van der Waals surface area contributed by atoms with Gasteiger partial charge in [0.2, 0.25) is 11.6 Å². The third-order valence-corrected chi connectivity index (χ3v) is 7.24. The maximum Gasteiger partial charge on any atom is 0.222 e. The Balaban J connectivity index is 1.62. The molecule has 0 atom stereocenters. The van der Waals surface area contributed by atoms with Crippen LogP contribution in [0.15, 0.2) is 22.0 Å². The molecule has 2 saturated heterocycles. The lowest BCUT2D eigenvalue weighted by molar-refractivity contribution is -0.116. The van der Waals surface area contributed by atoms with Crippen LogP contribution in [0.1, 0.15) is 24.1 Å². The van der Waals surface area contributed by atoms with Crippen molar-refractivity contribution >= 4 is 56.8 Å². The minimum atomic E-state index is -0.394. The number of piperazine rings is 1. The van der Waals surface area contributed by atoms with Crippen molar-refractivity contribution in [3.05, 3.63) is 26.8 Å². The highest BCUT2D eigenvalue weighted by Gasteiger charge is 2.38. The number of aromatic nitrogens is 1. The fourth-order valence-electron chi connectivity index (χ4n) is 3.78. The van der Waals surface area contributed by atoms with E-state index in [1.165, 1.54) is 17.8 Å². The average molecular weight is 441 g/mol. The molecule has 0 radical (unpaired) electrons. The third-order valence-electron chi connectivity index (χ3n) is 5.45. The number of rotatable bonds is 3. The lowest BCUT2D eigenvalue weighted by Crippen LogP contribution is -2.46. The van der Waals surface area contributed by atoms with Crippen LogP contribution in [0.3, 0.4) is 0 Å². The monoisotopic (exact) mass is 440 g/mol. The molecule has 2 fully saturated rings. The van der Waals surface area contributed by atoms with Gasteiger partial charge in [-0.3, -0.25) is 9.59 Å². The normalized spacial score (nSPS) is 22.5. The number of piperidine rings is 1. The van der Waals surface area contributed by atoms with Gasteiger partial charge in [0.15, 0.2) is 5.13 Å². The standard InChI is InChI=1S/C19H22Cl2N4O2S/c1-23-7-9-24(10-8-23)16-15(21)17(26)13(14(20)18(16)27)12-11-22-19(28-12)25-5-3-2-4-6-25/h11H,2-10H2,1H3. The molecule has 3 aliphatic rings. The predicted octanol–water partition coefficient (Wildman–Crippen LogP) is 2.93. The van der Waals surface area contributed by atoms with Gasteiger partial charge < -0.3 is 14.7 Å². The molecule has 6 nitrogen and oxygen atoms in total. The average Bonchev–Trinajstić information content (AvgIpc) is 3.19. The number of carbonyl (C=O) groups is 2. The first-order chi connectivity index (χ1) is 13.5. The van der Waals surface area contributed by atoms with Crippen LogP contribution < -0.4 is 4.90 Å². The number of hydrogen-bond acceptors (Lipinski definition) is 7. The molecule has 0 bridgehead atoms. The summed E-state index contributed by atoms with van der Waals surface area (Å²) in [5.41, 5.74) is 0.407. The van der Waals surface area contributed by atoms with Gasteiger partial charge in [-0.1, -0.05) is 34.5 Å². The van der Waals surface area contributed by atoms with E-state index in [1.807, 2.05) is 11.9 Å². The van der Waals surface area contributed by atoms with Gasteiger partial charge in [-0.25, -0.2) is 4.98 Å². The van der Waals surface area contributed by atoms with E-state index < -0.39 is 5.78 Å². The summed E-state index contributed by atoms with van der Waals surface area (Å²) in [7, 11) is 2.02. The number of allylic oxidation sites excluding steroid dienone is 3. The Labute approximate surface area is 178 Å². The second-order valence-electron chi connectivity index (χ2n) is 7.35. The summed E-state index contributed by atoms with van der Waals surface area (Å²) in [5, 5.41) is 0.760. The molecule has 0 spiro atoms. The van der Waals surface area contributed by atoms with E-state index >= 15 is 0 Å². The summed E-state index contributed by atoms with van der Waals surface area (Å²) in [6, 6.07) is 0. The summed E-state index contributed by atoms with van der Waals surface area (Å²) in [5.74, 6) is -0.771. The Hall–Kier alpha value is -1.41. The largest absolute Gasteiger partial charge is 0.364 e. The van der Waals surface area contributed by atoms with E-state index in [2.05, 4.69) is 14.8 Å². The molecule has 9 heteroatoms. The molecule has 1 aliphatic carbocycles. The third kappa shape index (κ3) is 3.61. The van der Waals surface area contributed by atoms with Gasteiger partial charge >= 0.3 is 0 Å². The molecule has 0 aromatic carbocycles. The van der Waals surface area contributed by atoms with Crippen molar-refractivity contribution in [3.63, 3.8) is 0 Å². The topological polar surface area (TPSA) is 56.8 Å². The van der Waals surface area contributed by atoms with Crippen molar-refractivity contribution < 1.29 is 9.59 Å². The molecule has 4 rings (SSSR count). The first-order valence-electron chi connectivity index (χ1n) is 9.51. The highest BCUT2D eigenvalue weighted by Crippen LogP contribution is 2.39. The molecule has 1 aromatic heterocycles. The molecule has 0 saturated carbocycles. The van der Waals surface area contributed by atoms with Crippen LogP contribution >= 0.6 is 34.5 Å². The number of likely N-dealkylation sites (N-methyl/N-ethyl adjacent to an activating group) is 1. The van der Waals surface area contributed by atoms with Gasteiger partial charge in [-0.05, 0) is 26.3 Å². The zero-order valence-electron chi connectivity index (χ0n) is 15.7. The van der Waals surface area contributed by atoms with Gasteiger partial charge in [0.1, 0.15) is 15.8 Å². The molecule has 0 amide bonds. The maximum atomic E-state index is 13.0.